The predicted molar refractivity (Wildman–Crippen MR) is 79.4 cm³/mol. The highest BCUT2D eigenvalue weighted by Gasteiger charge is 2.13. The van der Waals surface area contributed by atoms with Crippen molar-refractivity contribution in [2.45, 2.75) is 39.5 Å². The summed E-state index contributed by atoms with van der Waals surface area (Å²) in [7, 11) is 0. The molecule has 1 atom stereocenters. The standard InChI is InChI=1S/C16H26N2/c1-12(2)15-7-6-13(3)16(9-15)18-11-14-5-4-8-17-10-14/h6-7,9,12,14,17-18H,4-5,8,10-11H2,1-3H3. The Morgan fingerprint density at radius 2 is 2.22 bits per heavy atom. The second-order valence-electron chi connectivity index (χ2n) is 5.82. The molecular formula is C16H26N2. The van der Waals surface area contributed by atoms with Gasteiger partial charge in [-0.05, 0) is 61.9 Å². The van der Waals surface area contributed by atoms with Crippen LogP contribution in [0.25, 0.3) is 0 Å². The van der Waals surface area contributed by atoms with Crippen LogP contribution in [0.15, 0.2) is 18.2 Å². The molecule has 1 fully saturated rings. The quantitative estimate of drug-likeness (QED) is 0.849. The maximum absolute atomic E-state index is 3.64. The molecule has 0 spiro atoms. The van der Waals surface area contributed by atoms with Gasteiger partial charge in [0, 0.05) is 12.2 Å². The molecule has 0 radical (unpaired) electrons. The lowest BCUT2D eigenvalue weighted by atomic mass is 9.98. The number of hydrogen-bond donors (Lipinski definition) is 2. The molecule has 1 aromatic rings. The molecule has 0 aromatic heterocycles. The Kier molecular flexibility index (Phi) is 4.65. The van der Waals surface area contributed by atoms with Crippen molar-refractivity contribution in [3.63, 3.8) is 0 Å². The molecule has 1 aliphatic rings. The fourth-order valence-electron chi connectivity index (χ4n) is 2.54. The van der Waals surface area contributed by atoms with Gasteiger partial charge in [-0.1, -0.05) is 26.0 Å². The van der Waals surface area contributed by atoms with Crippen molar-refractivity contribution in [2.75, 3.05) is 25.0 Å². The van der Waals surface area contributed by atoms with E-state index < -0.39 is 0 Å². The number of piperidine rings is 1. The van der Waals surface area contributed by atoms with Crippen molar-refractivity contribution in [1.29, 1.82) is 0 Å². The van der Waals surface area contributed by atoms with Crippen LogP contribution >= 0.6 is 0 Å². The molecule has 0 saturated carbocycles. The normalized spacial score (nSPS) is 20.1. The largest absolute Gasteiger partial charge is 0.384 e. The molecule has 2 N–H and O–H groups in total. The van der Waals surface area contributed by atoms with Gasteiger partial charge in [0.2, 0.25) is 0 Å². The average Bonchev–Trinajstić information content (AvgIpc) is 2.38. The number of hydrogen-bond acceptors (Lipinski definition) is 2. The first-order valence-electron chi connectivity index (χ1n) is 7.22. The monoisotopic (exact) mass is 246 g/mol. The van der Waals surface area contributed by atoms with Gasteiger partial charge in [-0.2, -0.15) is 0 Å². The van der Waals surface area contributed by atoms with Crippen LogP contribution in [-0.4, -0.2) is 19.6 Å². The molecular weight excluding hydrogens is 220 g/mol. The van der Waals surface area contributed by atoms with E-state index in [4.69, 9.17) is 0 Å². The van der Waals surface area contributed by atoms with Crippen LogP contribution in [0.1, 0.15) is 43.7 Å². The van der Waals surface area contributed by atoms with E-state index in [0.29, 0.717) is 5.92 Å². The molecule has 1 heterocycles. The Morgan fingerprint density at radius 1 is 1.39 bits per heavy atom. The molecule has 100 valence electrons. The molecule has 2 heteroatoms. The lowest BCUT2D eigenvalue weighted by Crippen LogP contribution is -2.33. The van der Waals surface area contributed by atoms with E-state index >= 15 is 0 Å². The maximum Gasteiger partial charge on any atom is 0.0372 e. The van der Waals surface area contributed by atoms with E-state index in [2.05, 4.69) is 49.6 Å². The third-order valence-electron chi connectivity index (χ3n) is 3.91. The van der Waals surface area contributed by atoms with Crippen molar-refractivity contribution in [2.24, 2.45) is 5.92 Å². The molecule has 1 unspecified atom stereocenters. The first kappa shape index (κ1) is 13.4. The van der Waals surface area contributed by atoms with Gasteiger partial charge < -0.3 is 10.6 Å². The SMILES string of the molecule is Cc1ccc(C(C)C)cc1NCC1CCCNC1. The first-order valence-corrected chi connectivity index (χ1v) is 7.22. The molecule has 0 bridgehead atoms. The predicted octanol–water partition coefficient (Wildman–Crippen LogP) is 3.53. The number of rotatable bonds is 4. The Bertz CT molecular complexity index is 379. The van der Waals surface area contributed by atoms with E-state index in [1.165, 1.54) is 36.2 Å². The van der Waals surface area contributed by atoms with E-state index in [-0.39, 0.29) is 0 Å². The summed E-state index contributed by atoms with van der Waals surface area (Å²) in [6, 6.07) is 6.79. The Balaban J connectivity index is 1.97. The van der Waals surface area contributed by atoms with Crippen molar-refractivity contribution < 1.29 is 0 Å². The van der Waals surface area contributed by atoms with Gasteiger partial charge in [0.15, 0.2) is 0 Å². The summed E-state index contributed by atoms with van der Waals surface area (Å²) in [4.78, 5) is 0. The zero-order valence-electron chi connectivity index (χ0n) is 11.9. The molecule has 1 saturated heterocycles. The minimum absolute atomic E-state index is 0.600. The molecule has 0 aliphatic carbocycles. The Labute approximate surface area is 111 Å². The summed E-state index contributed by atoms with van der Waals surface area (Å²) in [6.45, 7) is 10.1. The number of benzene rings is 1. The molecule has 2 rings (SSSR count). The smallest absolute Gasteiger partial charge is 0.0372 e. The van der Waals surface area contributed by atoms with Crippen LogP contribution in [0.5, 0.6) is 0 Å². The van der Waals surface area contributed by atoms with E-state index in [9.17, 15) is 0 Å². The van der Waals surface area contributed by atoms with Crippen LogP contribution in [0.3, 0.4) is 0 Å². The van der Waals surface area contributed by atoms with Crippen molar-refractivity contribution in [1.82, 2.24) is 5.32 Å². The minimum atomic E-state index is 0.600. The molecule has 0 amide bonds. The maximum atomic E-state index is 3.64. The lowest BCUT2D eigenvalue weighted by molar-refractivity contribution is 0.393. The van der Waals surface area contributed by atoms with Crippen molar-refractivity contribution in [3.8, 4) is 0 Å². The van der Waals surface area contributed by atoms with E-state index in [1.807, 2.05) is 0 Å². The second-order valence-corrected chi connectivity index (χ2v) is 5.82. The number of nitrogens with one attached hydrogen (secondary N) is 2. The second kappa shape index (κ2) is 6.24. The molecule has 18 heavy (non-hydrogen) atoms. The number of anilines is 1. The van der Waals surface area contributed by atoms with Crippen LogP contribution in [0.4, 0.5) is 5.69 Å². The van der Waals surface area contributed by atoms with Gasteiger partial charge in [0.25, 0.3) is 0 Å². The molecule has 1 aromatic carbocycles. The van der Waals surface area contributed by atoms with Crippen LogP contribution in [0, 0.1) is 12.8 Å². The summed E-state index contributed by atoms with van der Waals surface area (Å²) in [5.41, 5.74) is 4.08. The first-order chi connectivity index (χ1) is 8.66. The van der Waals surface area contributed by atoms with E-state index in [1.54, 1.807) is 0 Å². The summed E-state index contributed by atoms with van der Waals surface area (Å²) in [6.07, 6.45) is 2.67. The molecule has 1 aliphatic heterocycles. The van der Waals surface area contributed by atoms with Crippen LogP contribution in [-0.2, 0) is 0 Å². The van der Waals surface area contributed by atoms with Gasteiger partial charge in [-0.3, -0.25) is 0 Å². The topological polar surface area (TPSA) is 24.1 Å². The summed E-state index contributed by atoms with van der Waals surface area (Å²) in [5, 5.41) is 7.11. The van der Waals surface area contributed by atoms with Gasteiger partial charge in [-0.15, -0.1) is 0 Å². The average molecular weight is 246 g/mol. The van der Waals surface area contributed by atoms with Crippen molar-refractivity contribution in [3.05, 3.63) is 29.3 Å². The molecule has 2 nitrogen and oxygen atoms in total. The summed E-state index contributed by atoms with van der Waals surface area (Å²) < 4.78 is 0. The van der Waals surface area contributed by atoms with E-state index in [0.717, 1.165) is 19.0 Å². The van der Waals surface area contributed by atoms with Gasteiger partial charge in [0.05, 0.1) is 0 Å². The Morgan fingerprint density at radius 3 is 2.89 bits per heavy atom. The van der Waals surface area contributed by atoms with Crippen LogP contribution < -0.4 is 10.6 Å². The third-order valence-corrected chi connectivity index (χ3v) is 3.91. The summed E-state index contributed by atoms with van der Waals surface area (Å²) in [5.74, 6) is 1.38. The van der Waals surface area contributed by atoms with Crippen molar-refractivity contribution >= 4 is 5.69 Å². The highest BCUT2D eigenvalue weighted by molar-refractivity contribution is 5.53. The minimum Gasteiger partial charge on any atom is -0.384 e. The Hall–Kier alpha value is -1.02. The van der Waals surface area contributed by atoms with Crippen LogP contribution in [0.2, 0.25) is 0 Å². The third kappa shape index (κ3) is 3.49. The summed E-state index contributed by atoms with van der Waals surface area (Å²) >= 11 is 0. The highest BCUT2D eigenvalue weighted by Crippen LogP contribution is 2.23. The number of aryl methyl sites for hydroxylation is 1. The fourth-order valence-corrected chi connectivity index (χ4v) is 2.54. The lowest BCUT2D eigenvalue weighted by Gasteiger charge is -2.24. The van der Waals surface area contributed by atoms with Gasteiger partial charge >= 0.3 is 0 Å². The van der Waals surface area contributed by atoms with Gasteiger partial charge in [0.1, 0.15) is 0 Å². The fraction of sp³-hybridized carbons (Fsp3) is 0.625. The zero-order chi connectivity index (χ0) is 13.0. The zero-order valence-corrected chi connectivity index (χ0v) is 11.9. The highest BCUT2D eigenvalue weighted by atomic mass is 14.9. The van der Waals surface area contributed by atoms with Gasteiger partial charge in [-0.25, -0.2) is 0 Å².